The molecule has 0 aliphatic heterocycles. The second-order valence-corrected chi connectivity index (χ2v) is 4.83. The van der Waals surface area contributed by atoms with E-state index < -0.39 is 0 Å². The topological polar surface area (TPSA) is 55.6 Å². The molecule has 0 aliphatic rings. The molecule has 0 spiro atoms. The summed E-state index contributed by atoms with van der Waals surface area (Å²) in [5.74, 6) is 0. The summed E-state index contributed by atoms with van der Waals surface area (Å²) in [7, 11) is 1.90. The van der Waals surface area contributed by atoms with Gasteiger partial charge in [-0.25, -0.2) is 0 Å². The summed E-state index contributed by atoms with van der Waals surface area (Å²) in [6, 6.07) is -0.00931. The Bertz CT molecular complexity index is 507. The number of aryl methyl sites for hydroxylation is 2. The minimum Gasteiger partial charge on any atom is -0.307 e. The van der Waals surface area contributed by atoms with Crippen LogP contribution in [0.2, 0.25) is 5.02 Å². The third-order valence-electron chi connectivity index (χ3n) is 2.64. The minimum absolute atomic E-state index is 0.00931. The van der Waals surface area contributed by atoms with Crippen molar-refractivity contribution in [2.45, 2.75) is 26.4 Å². The fraction of sp³-hybridized carbons (Fsp3) is 0.500. The lowest BCUT2D eigenvalue weighted by Gasteiger charge is -2.16. The van der Waals surface area contributed by atoms with E-state index in [2.05, 4.69) is 20.0 Å². The normalized spacial score (nSPS) is 12.9. The summed E-state index contributed by atoms with van der Waals surface area (Å²) in [5.41, 5.74) is 1.89. The van der Waals surface area contributed by atoms with Crippen LogP contribution in [0.25, 0.3) is 0 Å². The number of hydrogen-bond donors (Lipinski definition) is 1. The fourth-order valence-electron chi connectivity index (χ4n) is 1.81. The number of halogens is 1. The first kappa shape index (κ1) is 12.5. The molecule has 0 saturated heterocycles. The van der Waals surface area contributed by atoms with E-state index in [0.717, 1.165) is 22.8 Å². The maximum atomic E-state index is 6.21. The van der Waals surface area contributed by atoms with Crippen LogP contribution in [0.15, 0.2) is 6.20 Å². The van der Waals surface area contributed by atoms with Gasteiger partial charge in [-0.05, 0) is 32.4 Å². The minimum atomic E-state index is -0.00931. The Hall–Kier alpha value is -0.980. The van der Waals surface area contributed by atoms with E-state index in [1.54, 1.807) is 6.20 Å². The van der Waals surface area contributed by atoms with Crippen LogP contribution in [0.3, 0.4) is 0 Å². The van der Waals surface area contributed by atoms with Gasteiger partial charge in [-0.15, -0.1) is 5.10 Å². The number of rotatable bonds is 4. The first-order chi connectivity index (χ1) is 8.19. The van der Waals surface area contributed by atoms with Crippen LogP contribution in [0.1, 0.15) is 29.2 Å². The largest absolute Gasteiger partial charge is 0.307 e. The van der Waals surface area contributed by atoms with Gasteiger partial charge in [0.15, 0.2) is 0 Å². The second kappa shape index (κ2) is 5.12. The van der Waals surface area contributed by atoms with Crippen molar-refractivity contribution in [3.05, 3.63) is 27.5 Å². The van der Waals surface area contributed by atoms with Gasteiger partial charge in [0.25, 0.3) is 0 Å². The molecule has 0 bridgehead atoms. The zero-order valence-corrected chi connectivity index (χ0v) is 11.5. The van der Waals surface area contributed by atoms with Crippen molar-refractivity contribution in [2.24, 2.45) is 0 Å². The third kappa shape index (κ3) is 2.20. The first-order valence-corrected chi connectivity index (χ1v) is 6.51. The average Bonchev–Trinajstić information content (AvgIpc) is 2.89. The molecule has 0 saturated carbocycles. The quantitative estimate of drug-likeness (QED) is 0.924. The van der Waals surface area contributed by atoms with Crippen LogP contribution in [0.4, 0.5) is 0 Å². The van der Waals surface area contributed by atoms with Gasteiger partial charge in [0.2, 0.25) is 0 Å². The lowest BCUT2D eigenvalue weighted by atomic mass is 10.1. The Kier molecular flexibility index (Phi) is 3.76. The molecule has 2 aromatic heterocycles. The number of aromatic nitrogens is 4. The Morgan fingerprint density at radius 2 is 2.35 bits per heavy atom. The van der Waals surface area contributed by atoms with Crippen molar-refractivity contribution < 1.29 is 0 Å². The molecule has 0 radical (unpaired) electrons. The SMILES string of the molecule is CCn1ncc(Cl)c1C(NC)c1snnc1C. The number of nitrogens with one attached hydrogen (secondary N) is 1. The average molecular weight is 272 g/mol. The predicted molar refractivity (Wildman–Crippen MR) is 68.5 cm³/mol. The van der Waals surface area contributed by atoms with E-state index in [9.17, 15) is 0 Å². The van der Waals surface area contributed by atoms with Crippen molar-refractivity contribution in [3.8, 4) is 0 Å². The Balaban J connectivity index is 2.49. The molecule has 0 fully saturated rings. The van der Waals surface area contributed by atoms with Crippen molar-refractivity contribution in [3.63, 3.8) is 0 Å². The van der Waals surface area contributed by atoms with E-state index in [0.29, 0.717) is 5.02 Å². The molecule has 0 aromatic carbocycles. The monoisotopic (exact) mass is 271 g/mol. The molecule has 1 unspecified atom stereocenters. The summed E-state index contributed by atoms with van der Waals surface area (Å²) >= 11 is 7.59. The fourth-order valence-corrected chi connectivity index (χ4v) is 2.81. The Morgan fingerprint density at radius 3 is 2.88 bits per heavy atom. The maximum Gasteiger partial charge on any atom is 0.0889 e. The standard InChI is InChI=1S/C10H14ClN5S/c1-4-16-9(7(11)5-13-16)8(12-3)10-6(2)14-15-17-10/h5,8,12H,4H2,1-3H3. The Morgan fingerprint density at radius 1 is 1.59 bits per heavy atom. The molecule has 2 aromatic rings. The molecule has 7 heteroatoms. The third-order valence-corrected chi connectivity index (χ3v) is 3.83. The van der Waals surface area contributed by atoms with Gasteiger partial charge in [-0.1, -0.05) is 16.1 Å². The van der Waals surface area contributed by atoms with E-state index in [-0.39, 0.29) is 6.04 Å². The van der Waals surface area contributed by atoms with Crippen molar-refractivity contribution >= 4 is 23.1 Å². The summed E-state index contributed by atoms with van der Waals surface area (Å²) in [4.78, 5) is 1.07. The van der Waals surface area contributed by atoms with Crippen molar-refractivity contribution in [1.82, 2.24) is 24.7 Å². The molecule has 17 heavy (non-hydrogen) atoms. The highest BCUT2D eigenvalue weighted by Gasteiger charge is 2.23. The van der Waals surface area contributed by atoms with E-state index in [1.807, 2.05) is 25.6 Å². The van der Waals surface area contributed by atoms with Gasteiger partial charge < -0.3 is 5.32 Å². The molecule has 92 valence electrons. The van der Waals surface area contributed by atoms with Gasteiger partial charge in [0.1, 0.15) is 0 Å². The van der Waals surface area contributed by atoms with Crippen LogP contribution in [-0.4, -0.2) is 26.4 Å². The number of nitrogens with zero attached hydrogens (tertiary/aromatic N) is 4. The molecule has 0 aliphatic carbocycles. The van der Waals surface area contributed by atoms with E-state index >= 15 is 0 Å². The molecule has 2 heterocycles. The van der Waals surface area contributed by atoms with Gasteiger partial charge in [-0.2, -0.15) is 5.10 Å². The smallest absolute Gasteiger partial charge is 0.0889 e. The van der Waals surface area contributed by atoms with Crippen LogP contribution in [0, 0.1) is 6.92 Å². The summed E-state index contributed by atoms with van der Waals surface area (Å²) < 4.78 is 5.86. The van der Waals surface area contributed by atoms with Gasteiger partial charge in [0, 0.05) is 6.54 Å². The van der Waals surface area contributed by atoms with Crippen LogP contribution in [-0.2, 0) is 6.54 Å². The summed E-state index contributed by atoms with van der Waals surface area (Å²) in [5, 5.41) is 12.2. The molecular weight excluding hydrogens is 258 g/mol. The van der Waals surface area contributed by atoms with Crippen molar-refractivity contribution in [1.29, 1.82) is 0 Å². The van der Waals surface area contributed by atoms with E-state index in [1.165, 1.54) is 11.5 Å². The lowest BCUT2D eigenvalue weighted by molar-refractivity contribution is 0.566. The Labute approximate surface area is 109 Å². The molecule has 2 rings (SSSR count). The predicted octanol–water partition coefficient (Wildman–Crippen LogP) is 2.03. The zero-order chi connectivity index (χ0) is 12.4. The first-order valence-electron chi connectivity index (χ1n) is 5.36. The maximum absolute atomic E-state index is 6.21. The van der Waals surface area contributed by atoms with Gasteiger partial charge in [-0.3, -0.25) is 4.68 Å². The van der Waals surface area contributed by atoms with Crippen LogP contribution >= 0.6 is 23.1 Å². The van der Waals surface area contributed by atoms with Gasteiger partial charge >= 0.3 is 0 Å². The van der Waals surface area contributed by atoms with Crippen LogP contribution < -0.4 is 5.32 Å². The molecule has 1 N–H and O–H groups in total. The molecule has 5 nitrogen and oxygen atoms in total. The highest BCUT2D eigenvalue weighted by atomic mass is 35.5. The molecule has 0 amide bonds. The number of hydrogen-bond acceptors (Lipinski definition) is 5. The van der Waals surface area contributed by atoms with Crippen molar-refractivity contribution in [2.75, 3.05) is 7.05 Å². The van der Waals surface area contributed by atoms with E-state index in [4.69, 9.17) is 11.6 Å². The molecular formula is C10H14ClN5S. The summed E-state index contributed by atoms with van der Waals surface area (Å²) in [6.45, 7) is 4.77. The highest BCUT2D eigenvalue weighted by molar-refractivity contribution is 7.05. The van der Waals surface area contributed by atoms with Gasteiger partial charge in [0.05, 0.1) is 33.5 Å². The molecule has 1 atom stereocenters. The zero-order valence-electron chi connectivity index (χ0n) is 9.94. The summed E-state index contributed by atoms with van der Waals surface area (Å²) in [6.07, 6.45) is 1.68. The highest BCUT2D eigenvalue weighted by Crippen LogP contribution is 2.30. The second-order valence-electron chi connectivity index (χ2n) is 3.64. The van der Waals surface area contributed by atoms with Crippen LogP contribution in [0.5, 0.6) is 0 Å². The lowest BCUT2D eigenvalue weighted by Crippen LogP contribution is -2.21.